The Morgan fingerprint density at radius 2 is 1.60 bits per heavy atom. The molecule has 0 atom stereocenters. The van der Waals surface area contributed by atoms with Crippen molar-refractivity contribution < 1.29 is 18.9 Å². The molecule has 35 heavy (non-hydrogen) atoms. The number of nitrogens with zero attached hydrogens (tertiary/aromatic N) is 3. The molecule has 0 radical (unpaired) electrons. The quantitative estimate of drug-likeness (QED) is 0.319. The maximum absolute atomic E-state index is 6.26. The van der Waals surface area contributed by atoms with Gasteiger partial charge in [0.25, 0.3) is 0 Å². The van der Waals surface area contributed by atoms with Gasteiger partial charge in [-0.1, -0.05) is 13.0 Å². The Morgan fingerprint density at radius 3 is 2.26 bits per heavy atom. The third kappa shape index (κ3) is 5.43. The van der Waals surface area contributed by atoms with E-state index in [0.29, 0.717) is 40.3 Å². The van der Waals surface area contributed by atoms with Gasteiger partial charge < -0.3 is 24.3 Å². The molecule has 4 rings (SSSR count). The molecular formula is C27H28N4O4. The maximum Gasteiger partial charge on any atom is 0.203 e. The van der Waals surface area contributed by atoms with Crippen LogP contribution in [-0.2, 0) is 6.42 Å². The van der Waals surface area contributed by atoms with Crippen molar-refractivity contribution in [2.75, 3.05) is 26.6 Å². The molecule has 0 spiro atoms. The van der Waals surface area contributed by atoms with Gasteiger partial charge in [-0.05, 0) is 43.7 Å². The highest BCUT2D eigenvalue weighted by atomic mass is 16.5. The Bertz CT molecular complexity index is 1300. The summed E-state index contributed by atoms with van der Waals surface area (Å²) in [6.07, 6.45) is 2.49. The highest BCUT2D eigenvalue weighted by Gasteiger charge is 2.15. The molecule has 180 valence electrons. The van der Waals surface area contributed by atoms with Crippen LogP contribution in [0.2, 0.25) is 0 Å². The number of rotatable bonds is 9. The van der Waals surface area contributed by atoms with Crippen LogP contribution in [-0.4, -0.2) is 36.3 Å². The number of aromatic nitrogens is 3. The van der Waals surface area contributed by atoms with Gasteiger partial charge in [0.05, 0.1) is 27.0 Å². The zero-order chi connectivity index (χ0) is 24.8. The average molecular weight is 473 g/mol. The fourth-order valence-corrected chi connectivity index (χ4v) is 3.60. The fourth-order valence-electron chi connectivity index (χ4n) is 3.60. The summed E-state index contributed by atoms with van der Waals surface area (Å²) >= 11 is 0. The molecule has 0 bridgehead atoms. The zero-order valence-electron chi connectivity index (χ0n) is 20.5. The first-order valence-corrected chi connectivity index (χ1v) is 11.2. The largest absolute Gasteiger partial charge is 0.493 e. The molecule has 8 heteroatoms. The first kappa shape index (κ1) is 23.8. The second-order valence-electron chi connectivity index (χ2n) is 7.68. The van der Waals surface area contributed by atoms with Crippen LogP contribution in [0.15, 0.2) is 60.8 Å². The van der Waals surface area contributed by atoms with E-state index in [1.54, 1.807) is 33.6 Å². The normalized spacial score (nSPS) is 10.5. The van der Waals surface area contributed by atoms with Gasteiger partial charge in [0.2, 0.25) is 5.75 Å². The summed E-state index contributed by atoms with van der Waals surface area (Å²) in [5.74, 6) is 3.41. The van der Waals surface area contributed by atoms with Crippen molar-refractivity contribution in [2.45, 2.75) is 20.3 Å². The monoisotopic (exact) mass is 472 g/mol. The lowest BCUT2D eigenvalue weighted by molar-refractivity contribution is 0.324. The molecule has 4 aromatic rings. The molecule has 0 aliphatic heterocycles. The van der Waals surface area contributed by atoms with Crippen LogP contribution >= 0.6 is 0 Å². The summed E-state index contributed by atoms with van der Waals surface area (Å²) in [5.41, 5.74) is 4.07. The van der Waals surface area contributed by atoms with Crippen molar-refractivity contribution in [3.63, 3.8) is 0 Å². The van der Waals surface area contributed by atoms with E-state index >= 15 is 0 Å². The predicted octanol–water partition coefficient (Wildman–Crippen LogP) is 5.97. The van der Waals surface area contributed by atoms with E-state index in [4.69, 9.17) is 23.9 Å². The molecule has 1 aromatic carbocycles. The molecule has 1 N–H and O–H groups in total. The lowest BCUT2D eigenvalue weighted by atomic mass is 10.2. The Morgan fingerprint density at radius 1 is 0.829 bits per heavy atom. The van der Waals surface area contributed by atoms with Crippen LogP contribution in [0.4, 0.5) is 11.5 Å². The number of pyridine rings is 3. The number of hydrogen-bond acceptors (Lipinski definition) is 8. The second-order valence-corrected chi connectivity index (χ2v) is 7.68. The average Bonchev–Trinajstić information content (AvgIpc) is 2.88. The summed E-state index contributed by atoms with van der Waals surface area (Å²) in [5, 5.41) is 3.27. The SMILES string of the molecule is CCc1ccc(Oc2ccnc(Nc3cc(OC)c(OC)c(OC)c3)c2)c(-c2cccc(C)n2)n1. The van der Waals surface area contributed by atoms with Gasteiger partial charge in [-0.15, -0.1) is 0 Å². The third-order valence-corrected chi connectivity index (χ3v) is 5.31. The minimum absolute atomic E-state index is 0.519. The Labute approximate surface area is 204 Å². The predicted molar refractivity (Wildman–Crippen MR) is 135 cm³/mol. The summed E-state index contributed by atoms with van der Waals surface area (Å²) in [6, 6.07) is 17.0. The first-order valence-electron chi connectivity index (χ1n) is 11.2. The highest BCUT2D eigenvalue weighted by Crippen LogP contribution is 2.41. The van der Waals surface area contributed by atoms with Gasteiger partial charge in [0.15, 0.2) is 17.2 Å². The molecule has 0 unspecified atom stereocenters. The van der Waals surface area contributed by atoms with Crippen molar-refractivity contribution in [1.82, 2.24) is 15.0 Å². The van der Waals surface area contributed by atoms with Gasteiger partial charge in [-0.3, -0.25) is 4.98 Å². The number of methoxy groups -OCH3 is 3. The van der Waals surface area contributed by atoms with Gasteiger partial charge in [0, 0.05) is 41.5 Å². The zero-order valence-corrected chi connectivity index (χ0v) is 20.5. The van der Waals surface area contributed by atoms with Crippen LogP contribution in [0.25, 0.3) is 11.4 Å². The van der Waals surface area contributed by atoms with Crippen LogP contribution in [0.3, 0.4) is 0 Å². The number of ether oxygens (including phenoxy) is 4. The second kappa shape index (κ2) is 10.7. The van der Waals surface area contributed by atoms with E-state index in [1.165, 1.54) is 0 Å². The summed E-state index contributed by atoms with van der Waals surface area (Å²) < 4.78 is 22.5. The number of nitrogens with one attached hydrogen (secondary N) is 1. The molecule has 3 heterocycles. The lowest BCUT2D eigenvalue weighted by Gasteiger charge is -2.15. The molecule has 8 nitrogen and oxygen atoms in total. The van der Waals surface area contributed by atoms with Gasteiger partial charge in [-0.25, -0.2) is 9.97 Å². The van der Waals surface area contributed by atoms with E-state index in [0.717, 1.165) is 29.2 Å². The molecule has 0 aliphatic rings. The Hall–Kier alpha value is -4.33. The Kier molecular flexibility index (Phi) is 7.30. The van der Waals surface area contributed by atoms with Gasteiger partial charge >= 0.3 is 0 Å². The van der Waals surface area contributed by atoms with Crippen molar-refractivity contribution in [1.29, 1.82) is 0 Å². The van der Waals surface area contributed by atoms with Crippen LogP contribution < -0.4 is 24.3 Å². The van der Waals surface area contributed by atoms with Crippen LogP contribution in [0.1, 0.15) is 18.3 Å². The molecule has 0 saturated carbocycles. The minimum Gasteiger partial charge on any atom is -0.493 e. The molecule has 0 fully saturated rings. The first-order chi connectivity index (χ1) is 17.0. The number of anilines is 2. The van der Waals surface area contributed by atoms with E-state index in [1.807, 2.05) is 55.5 Å². The standard InChI is InChI=1S/C27H28N4O4/c1-6-18-10-11-22(26(31-18)21-9-7-8-17(2)29-21)35-20-12-13-28-25(16-20)30-19-14-23(32-3)27(34-5)24(15-19)33-4/h7-16H,6H2,1-5H3,(H,28,30). The van der Waals surface area contributed by atoms with Gasteiger partial charge in [0.1, 0.15) is 17.3 Å². The highest BCUT2D eigenvalue weighted by molar-refractivity contribution is 5.68. The Balaban J connectivity index is 1.64. The minimum atomic E-state index is 0.519. The maximum atomic E-state index is 6.26. The molecule has 3 aromatic heterocycles. The van der Waals surface area contributed by atoms with Crippen molar-refractivity contribution in [2.24, 2.45) is 0 Å². The smallest absolute Gasteiger partial charge is 0.203 e. The lowest BCUT2D eigenvalue weighted by Crippen LogP contribution is -2.00. The number of benzene rings is 1. The van der Waals surface area contributed by atoms with Gasteiger partial charge in [-0.2, -0.15) is 0 Å². The summed E-state index contributed by atoms with van der Waals surface area (Å²) in [4.78, 5) is 13.8. The summed E-state index contributed by atoms with van der Waals surface area (Å²) in [7, 11) is 4.72. The van der Waals surface area contributed by atoms with Crippen LogP contribution in [0.5, 0.6) is 28.7 Å². The fraction of sp³-hybridized carbons (Fsp3) is 0.222. The van der Waals surface area contributed by atoms with E-state index in [9.17, 15) is 0 Å². The topological polar surface area (TPSA) is 87.6 Å². The van der Waals surface area contributed by atoms with Crippen molar-refractivity contribution >= 4 is 11.5 Å². The molecule has 0 aliphatic carbocycles. The summed E-state index contributed by atoms with van der Waals surface area (Å²) in [6.45, 7) is 4.03. The molecule has 0 saturated heterocycles. The molecular weight excluding hydrogens is 444 g/mol. The molecule has 0 amide bonds. The van der Waals surface area contributed by atoms with Crippen molar-refractivity contribution in [3.8, 4) is 40.1 Å². The number of aryl methyl sites for hydroxylation is 2. The van der Waals surface area contributed by atoms with E-state index in [-0.39, 0.29) is 0 Å². The van der Waals surface area contributed by atoms with Crippen molar-refractivity contribution in [3.05, 3.63) is 72.2 Å². The number of hydrogen-bond donors (Lipinski definition) is 1. The van der Waals surface area contributed by atoms with E-state index < -0.39 is 0 Å². The van der Waals surface area contributed by atoms with Crippen LogP contribution in [0, 0.1) is 6.92 Å². The van der Waals surface area contributed by atoms with E-state index in [2.05, 4.69) is 22.2 Å². The third-order valence-electron chi connectivity index (χ3n) is 5.31.